The first-order valence-electron chi connectivity index (χ1n) is 11.1. The molecule has 3 rings (SSSR count). The van der Waals surface area contributed by atoms with Crippen LogP contribution in [0.15, 0.2) is 48.7 Å². The molecule has 0 aliphatic rings. The normalized spacial score (nSPS) is 11.9. The predicted molar refractivity (Wildman–Crippen MR) is 126 cm³/mol. The first-order valence-corrected chi connectivity index (χ1v) is 11.1. The molecule has 0 spiro atoms. The van der Waals surface area contributed by atoms with Gasteiger partial charge in [0.2, 0.25) is 0 Å². The van der Waals surface area contributed by atoms with E-state index in [0.717, 1.165) is 12.1 Å². The minimum Gasteiger partial charge on any atom is -0.489 e. The quantitative estimate of drug-likeness (QED) is 0.391. The number of hydrogen-bond acceptors (Lipinski definition) is 6. The van der Waals surface area contributed by atoms with E-state index in [9.17, 15) is 23.1 Å². The van der Waals surface area contributed by atoms with E-state index in [-0.39, 0.29) is 6.61 Å². The van der Waals surface area contributed by atoms with Crippen LogP contribution in [-0.2, 0) is 28.7 Å². The molecule has 0 aliphatic carbocycles. The SMILES string of the molecule is COCCc1nc(-c2ccc(C(F)(F)F)cc2)ncc1COc1ccc(OC(C)(C)C(=O)O)c(C)c1. The highest BCUT2D eigenvalue weighted by Crippen LogP contribution is 2.31. The summed E-state index contributed by atoms with van der Waals surface area (Å²) in [6.45, 7) is 5.25. The number of nitrogens with zero attached hydrogens (tertiary/aromatic N) is 2. The van der Waals surface area contributed by atoms with Gasteiger partial charge >= 0.3 is 12.1 Å². The highest BCUT2D eigenvalue weighted by molar-refractivity contribution is 5.76. The second kappa shape index (κ2) is 10.9. The minimum absolute atomic E-state index is 0.145. The van der Waals surface area contributed by atoms with Crippen molar-refractivity contribution in [1.82, 2.24) is 9.97 Å². The van der Waals surface area contributed by atoms with Gasteiger partial charge < -0.3 is 19.3 Å². The average molecular weight is 505 g/mol. The molecule has 0 fully saturated rings. The van der Waals surface area contributed by atoms with E-state index < -0.39 is 23.3 Å². The molecule has 0 radical (unpaired) electrons. The molecule has 0 saturated heterocycles. The molecule has 1 N–H and O–H groups in total. The molecule has 1 aromatic heterocycles. The fourth-order valence-electron chi connectivity index (χ4n) is 3.23. The smallest absolute Gasteiger partial charge is 0.416 e. The number of carboxylic acid groups (broad SMARTS) is 1. The topological polar surface area (TPSA) is 90.8 Å². The van der Waals surface area contributed by atoms with Crippen LogP contribution in [-0.4, -0.2) is 40.4 Å². The Morgan fingerprint density at radius 2 is 1.78 bits per heavy atom. The number of rotatable bonds is 10. The van der Waals surface area contributed by atoms with Crippen molar-refractivity contribution in [2.24, 2.45) is 0 Å². The Morgan fingerprint density at radius 1 is 1.08 bits per heavy atom. The van der Waals surface area contributed by atoms with Gasteiger partial charge in [-0.3, -0.25) is 0 Å². The molecule has 0 unspecified atom stereocenters. The molecule has 0 bridgehead atoms. The summed E-state index contributed by atoms with van der Waals surface area (Å²) in [4.78, 5) is 20.2. The lowest BCUT2D eigenvalue weighted by atomic mass is 10.1. The number of methoxy groups -OCH3 is 1. The van der Waals surface area contributed by atoms with Gasteiger partial charge in [0.05, 0.1) is 17.9 Å². The zero-order valence-electron chi connectivity index (χ0n) is 20.3. The van der Waals surface area contributed by atoms with Crippen LogP contribution in [0.5, 0.6) is 11.5 Å². The van der Waals surface area contributed by atoms with Gasteiger partial charge in [0.25, 0.3) is 0 Å². The molecule has 0 atom stereocenters. The van der Waals surface area contributed by atoms with Gasteiger partial charge in [-0.05, 0) is 56.7 Å². The Kier molecular flexibility index (Phi) is 8.19. The number of alkyl halides is 3. The van der Waals surface area contributed by atoms with Gasteiger partial charge in [-0.1, -0.05) is 12.1 Å². The maximum Gasteiger partial charge on any atom is 0.416 e. The van der Waals surface area contributed by atoms with Crippen molar-refractivity contribution in [3.8, 4) is 22.9 Å². The summed E-state index contributed by atoms with van der Waals surface area (Å²) < 4.78 is 55.3. The molecule has 7 nitrogen and oxygen atoms in total. The summed E-state index contributed by atoms with van der Waals surface area (Å²) >= 11 is 0. The van der Waals surface area contributed by atoms with E-state index in [1.165, 1.54) is 26.0 Å². The van der Waals surface area contributed by atoms with E-state index in [0.29, 0.717) is 52.7 Å². The number of carboxylic acids is 1. The number of aromatic nitrogens is 2. The van der Waals surface area contributed by atoms with E-state index in [1.807, 2.05) is 0 Å². The van der Waals surface area contributed by atoms with Crippen LogP contribution in [0.4, 0.5) is 13.2 Å². The number of benzene rings is 2. The summed E-state index contributed by atoms with van der Waals surface area (Å²) in [7, 11) is 1.56. The fraction of sp³-hybridized carbons (Fsp3) is 0.346. The Labute approximate surface area is 206 Å². The van der Waals surface area contributed by atoms with Crippen LogP contribution >= 0.6 is 0 Å². The Bertz CT molecular complexity index is 1210. The molecule has 0 aliphatic heterocycles. The number of aliphatic carboxylic acids is 1. The lowest BCUT2D eigenvalue weighted by Crippen LogP contribution is -2.38. The van der Waals surface area contributed by atoms with Gasteiger partial charge in [-0.25, -0.2) is 14.8 Å². The van der Waals surface area contributed by atoms with Gasteiger partial charge in [-0.15, -0.1) is 0 Å². The molecule has 10 heteroatoms. The average Bonchev–Trinajstić information content (AvgIpc) is 2.82. The van der Waals surface area contributed by atoms with Crippen molar-refractivity contribution in [3.63, 3.8) is 0 Å². The Morgan fingerprint density at radius 3 is 2.36 bits per heavy atom. The summed E-state index contributed by atoms with van der Waals surface area (Å²) in [5, 5.41) is 9.27. The Balaban J connectivity index is 1.77. The largest absolute Gasteiger partial charge is 0.489 e. The second-order valence-electron chi connectivity index (χ2n) is 8.62. The van der Waals surface area contributed by atoms with Crippen molar-refractivity contribution < 1.29 is 37.3 Å². The van der Waals surface area contributed by atoms with Gasteiger partial charge in [0.1, 0.15) is 18.1 Å². The third kappa shape index (κ3) is 6.72. The van der Waals surface area contributed by atoms with Crippen LogP contribution in [0.25, 0.3) is 11.4 Å². The van der Waals surface area contributed by atoms with Crippen LogP contribution in [0, 0.1) is 6.92 Å². The number of carbonyl (C=O) groups is 1. The van der Waals surface area contributed by atoms with Crippen molar-refractivity contribution in [2.75, 3.05) is 13.7 Å². The first-order chi connectivity index (χ1) is 16.9. The fourth-order valence-corrected chi connectivity index (χ4v) is 3.23. The molecule has 192 valence electrons. The summed E-state index contributed by atoms with van der Waals surface area (Å²) in [5.41, 5.74) is 0.402. The van der Waals surface area contributed by atoms with Gasteiger partial charge in [-0.2, -0.15) is 13.2 Å². The molecule has 2 aromatic carbocycles. The number of ether oxygens (including phenoxy) is 3. The molecular formula is C26H27F3N2O5. The standard InChI is InChI=1S/C26H27F3N2O5/c1-16-13-20(9-10-22(16)36-25(2,3)24(32)33)35-15-18-14-30-23(31-21(18)11-12-34-4)17-5-7-19(8-6-17)26(27,28)29/h5-10,13-14H,11-12,15H2,1-4H3,(H,32,33). The zero-order chi connectivity index (χ0) is 26.5. The first kappa shape index (κ1) is 26.9. The van der Waals surface area contributed by atoms with Crippen molar-refractivity contribution >= 4 is 5.97 Å². The third-order valence-corrected chi connectivity index (χ3v) is 5.39. The maximum atomic E-state index is 12.9. The van der Waals surface area contributed by atoms with E-state index in [2.05, 4.69) is 9.97 Å². The van der Waals surface area contributed by atoms with Crippen LogP contribution in [0.2, 0.25) is 0 Å². The van der Waals surface area contributed by atoms with Crippen LogP contribution in [0.3, 0.4) is 0 Å². The lowest BCUT2D eigenvalue weighted by molar-refractivity contribution is -0.152. The van der Waals surface area contributed by atoms with Gasteiger partial charge in [0, 0.05) is 30.9 Å². The maximum absolute atomic E-state index is 12.9. The van der Waals surface area contributed by atoms with E-state index >= 15 is 0 Å². The monoisotopic (exact) mass is 504 g/mol. The summed E-state index contributed by atoms with van der Waals surface area (Å²) in [6.07, 6.45) is -2.37. The molecule has 0 saturated carbocycles. The van der Waals surface area contributed by atoms with Gasteiger partial charge in [0.15, 0.2) is 11.4 Å². The van der Waals surface area contributed by atoms with Crippen LogP contribution in [0.1, 0.15) is 36.2 Å². The molecule has 36 heavy (non-hydrogen) atoms. The number of aryl methyl sites for hydroxylation is 1. The van der Waals surface area contributed by atoms with Crippen molar-refractivity contribution in [1.29, 1.82) is 0 Å². The zero-order valence-corrected chi connectivity index (χ0v) is 20.3. The number of halogens is 3. The lowest BCUT2D eigenvalue weighted by Gasteiger charge is -2.23. The highest BCUT2D eigenvalue weighted by atomic mass is 19.4. The Hall–Kier alpha value is -3.66. The van der Waals surface area contributed by atoms with Crippen LogP contribution < -0.4 is 9.47 Å². The van der Waals surface area contributed by atoms with Crippen molar-refractivity contribution in [3.05, 3.63) is 71.0 Å². The molecular weight excluding hydrogens is 477 g/mol. The van der Waals surface area contributed by atoms with E-state index in [4.69, 9.17) is 14.2 Å². The molecule has 1 heterocycles. The molecule has 0 amide bonds. The third-order valence-electron chi connectivity index (χ3n) is 5.39. The van der Waals surface area contributed by atoms with E-state index in [1.54, 1.807) is 38.4 Å². The molecule has 3 aromatic rings. The highest BCUT2D eigenvalue weighted by Gasteiger charge is 2.31. The summed E-state index contributed by atoms with van der Waals surface area (Å²) in [5.74, 6) is 0.194. The number of hydrogen-bond donors (Lipinski definition) is 1. The minimum atomic E-state index is -4.42. The predicted octanol–water partition coefficient (Wildman–Crippen LogP) is 5.48. The van der Waals surface area contributed by atoms with Crippen molar-refractivity contribution in [2.45, 2.75) is 45.6 Å². The summed E-state index contributed by atoms with van der Waals surface area (Å²) in [6, 6.07) is 9.73. The second-order valence-corrected chi connectivity index (χ2v) is 8.62.